The van der Waals surface area contributed by atoms with E-state index in [1.165, 1.54) is 22.6 Å². The Morgan fingerprint density at radius 1 is 1.04 bits per heavy atom. The third kappa shape index (κ3) is 2.18. The molecule has 1 atom stereocenters. The second-order valence-corrected chi connectivity index (χ2v) is 8.54. The molecular formula is C19H14ClN3O3S. The van der Waals surface area contributed by atoms with Crippen LogP contribution in [0, 0.1) is 0 Å². The van der Waals surface area contributed by atoms with Crippen LogP contribution in [0.1, 0.15) is 16.1 Å². The zero-order chi connectivity index (χ0) is 18.0. The molecule has 1 spiro atoms. The summed E-state index contributed by atoms with van der Waals surface area (Å²) in [6, 6.07) is 12.5. The highest BCUT2D eigenvalue weighted by atomic mass is 35.5. The van der Waals surface area contributed by atoms with Gasteiger partial charge in [-0.25, -0.2) is 0 Å². The molecule has 8 heteroatoms. The quantitative estimate of drug-likeness (QED) is 0.656. The van der Waals surface area contributed by atoms with E-state index >= 15 is 0 Å². The molecule has 0 saturated heterocycles. The van der Waals surface area contributed by atoms with Gasteiger partial charge < -0.3 is 19.1 Å². The molecule has 1 aromatic heterocycles. The smallest absolute Gasteiger partial charge is 0.231 e. The van der Waals surface area contributed by atoms with Crippen LogP contribution in [0.3, 0.4) is 0 Å². The Bertz CT molecular complexity index is 1070. The molecule has 2 aromatic carbocycles. The van der Waals surface area contributed by atoms with E-state index in [2.05, 4.69) is 45.4 Å². The minimum atomic E-state index is -0.235. The van der Waals surface area contributed by atoms with Gasteiger partial charge in [-0.3, -0.25) is 0 Å². The molecule has 0 radical (unpaired) electrons. The number of ether oxygens (including phenoxy) is 3. The largest absolute Gasteiger partial charge is 0.492 e. The maximum absolute atomic E-state index is 6.11. The summed E-state index contributed by atoms with van der Waals surface area (Å²) in [5.41, 5.74) is 3.37. The summed E-state index contributed by atoms with van der Waals surface area (Å²) in [4.78, 5) is 2.33. The second kappa shape index (κ2) is 5.50. The number of nitrogens with zero attached hydrogens (tertiary/aromatic N) is 3. The third-order valence-corrected chi connectivity index (χ3v) is 6.46. The molecule has 6 rings (SSSR count). The lowest BCUT2D eigenvalue weighted by Gasteiger charge is -2.24. The van der Waals surface area contributed by atoms with Crippen LogP contribution >= 0.6 is 22.9 Å². The van der Waals surface area contributed by atoms with Gasteiger partial charge in [0.2, 0.25) is 11.3 Å². The number of aromatic nitrogens is 2. The van der Waals surface area contributed by atoms with Gasteiger partial charge in [-0.05, 0) is 29.3 Å². The highest BCUT2D eigenvalue weighted by molar-refractivity contribution is 7.15. The van der Waals surface area contributed by atoms with Gasteiger partial charge in [0.25, 0.3) is 0 Å². The Labute approximate surface area is 164 Å². The fourth-order valence-electron chi connectivity index (χ4n) is 4.30. The first-order chi connectivity index (χ1) is 13.2. The fraction of sp³-hybridized carbons (Fsp3) is 0.263. The van der Waals surface area contributed by atoms with Gasteiger partial charge in [-0.15, -0.1) is 10.2 Å². The molecule has 3 aliphatic rings. The van der Waals surface area contributed by atoms with E-state index in [0.717, 1.165) is 34.4 Å². The zero-order valence-corrected chi connectivity index (χ0v) is 15.7. The molecule has 3 aromatic rings. The maximum Gasteiger partial charge on any atom is 0.231 e. The van der Waals surface area contributed by atoms with Crippen LogP contribution in [0.4, 0.5) is 5.69 Å². The second-order valence-electron chi connectivity index (χ2n) is 6.89. The lowest BCUT2D eigenvalue weighted by Crippen LogP contribution is -2.35. The van der Waals surface area contributed by atoms with Crippen molar-refractivity contribution in [3.05, 3.63) is 57.0 Å². The van der Waals surface area contributed by atoms with Crippen LogP contribution in [-0.4, -0.2) is 30.1 Å². The number of halogens is 1. The van der Waals surface area contributed by atoms with Crippen molar-refractivity contribution in [1.82, 2.24) is 10.2 Å². The lowest BCUT2D eigenvalue weighted by molar-refractivity contribution is 0.173. The van der Waals surface area contributed by atoms with Crippen LogP contribution < -0.4 is 19.1 Å². The number of anilines is 1. The van der Waals surface area contributed by atoms with E-state index < -0.39 is 0 Å². The highest BCUT2D eigenvalue weighted by Crippen LogP contribution is 2.54. The SMILES string of the molecule is Clc1nnc(CN2CC3(COc4cc5c(cc43)OCO5)c3ccccc32)s1. The molecule has 1 unspecified atom stereocenters. The van der Waals surface area contributed by atoms with E-state index in [9.17, 15) is 0 Å². The molecule has 0 aliphatic carbocycles. The Morgan fingerprint density at radius 2 is 1.89 bits per heavy atom. The van der Waals surface area contributed by atoms with Crippen LogP contribution in [0.15, 0.2) is 36.4 Å². The molecule has 27 heavy (non-hydrogen) atoms. The number of benzene rings is 2. The Hall–Kier alpha value is -2.51. The van der Waals surface area contributed by atoms with E-state index in [0.29, 0.717) is 17.6 Å². The molecule has 4 heterocycles. The molecular weight excluding hydrogens is 386 g/mol. The summed E-state index contributed by atoms with van der Waals surface area (Å²) < 4.78 is 17.7. The predicted octanol–water partition coefficient (Wildman–Crippen LogP) is 3.62. The Kier molecular flexibility index (Phi) is 3.16. The van der Waals surface area contributed by atoms with Crippen molar-refractivity contribution in [2.75, 3.05) is 24.8 Å². The summed E-state index contributed by atoms with van der Waals surface area (Å²) in [6.45, 7) is 2.32. The first-order valence-electron chi connectivity index (χ1n) is 8.62. The summed E-state index contributed by atoms with van der Waals surface area (Å²) in [7, 11) is 0. The summed E-state index contributed by atoms with van der Waals surface area (Å²) >= 11 is 7.38. The van der Waals surface area contributed by atoms with Crippen molar-refractivity contribution in [3.8, 4) is 17.2 Å². The average Bonchev–Trinajstić information content (AvgIpc) is 3.43. The first kappa shape index (κ1) is 15.5. The van der Waals surface area contributed by atoms with E-state index in [1.807, 2.05) is 6.07 Å². The molecule has 0 saturated carbocycles. The number of hydrogen-bond donors (Lipinski definition) is 0. The van der Waals surface area contributed by atoms with E-state index in [-0.39, 0.29) is 12.2 Å². The number of rotatable bonds is 2. The standard InChI is InChI=1S/C19H14ClN3O3S/c20-18-22-21-17(27-18)7-23-8-19(11-3-1-2-4-13(11)23)9-24-14-6-16-15(5-12(14)19)25-10-26-16/h1-6H,7-10H2. The fourth-order valence-corrected chi connectivity index (χ4v) is 5.18. The molecule has 6 nitrogen and oxygen atoms in total. The first-order valence-corrected chi connectivity index (χ1v) is 9.82. The zero-order valence-electron chi connectivity index (χ0n) is 14.1. The average molecular weight is 400 g/mol. The Balaban J connectivity index is 1.46. The van der Waals surface area contributed by atoms with Crippen molar-refractivity contribution in [1.29, 1.82) is 0 Å². The molecule has 0 fully saturated rings. The van der Waals surface area contributed by atoms with Crippen molar-refractivity contribution in [2.24, 2.45) is 0 Å². The van der Waals surface area contributed by atoms with Gasteiger partial charge in [0, 0.05) is 23.9 Å². The third-order valence-electron chi connectivity index (χ3n) is 5.45. The summed E-state index contributed by atoms with van der Waals surface area (Å²) in [5.74, 6) is 2.40. The van der Waals surface area contributed by atoms with Gasteiger partial charge in [-0.2, -0.15) is 0 Å². The number of fused-ring (bicyclic) bond motifs is 5. The van der Waals surface area contributed by atoms with Crippen molar-refractivity contribution < 1.29 is 14.2 Å². The van der Waals surface area contributed by atoms with Gasteiger partial charge >= 0.3 is 0 Å². The van der Waals surface area contributed by atoms with Crippen LogP contribution in [0.5, 0.6) is 17.2 Å². The van der Waals surface area contributed by atoms with Gasteiger partial charge in [0.15, 0.2) is 11.5 Å². The molecule has 0 amide bonds. The summed E-state index contributed by atoms with van der Waals surface area (Å²) in [5, 5.41) is 9.02. The van der Waals surface area contributed by atoms with Crippen LogP contribution in [-0.2, 0) is 12.0 Å². The molecule has 136 valence electrons. The minimum absolute atomic E-state index is 0.235. The maximum atomic E-state index is 6.11. The minimum Gasteiger partial charge on any atom is -0.492 e. The van der Waals surface area contributed by atoms with Gasteiger partial charge in [0.1, 0.15) is 17.4 Å². The van der Waals surface area contributed by atoms with Crippen molar-refractivity contribution in [3.63, 3.8) is 0 Å². The topological polar surface area (TPSA) is 56.7 Å². The van der Waals surface area contributed by atoms with Crippen LogP contribution in [0.2, 0.25) is 4.47 Å². The monoisotopic (exact) mass is 399 g/mol. The van der Waals surface area contributed by atoms with Crippen molar-refractivity contribution in [2.45, 2.75) is 12.0 Å². The van der Waals surface area contributed by atoms with E-state index in [1.54, 1.807) is 0 Å². The van der Waals surface area contributed by atoms with Crippen molar-refractivity contribution >= 4 is 28.6 Å². The molecule has 3 aliphatic heterocycles. The Morgan fingerprint density at radius 3 is 2.74 bits per heavy atom. The molecule has 0 bridgehead atoms. The number of para-hydroxylation sites is 1. The normalized spacial score (nSPS) is 21.4. The number of hydrogen-bond acceptors (Lipinski definition) is 7. The summed E-state index contributed by atoms with van der Waals surface area (Å²) in [6.07, 6.45) is 0. The predicted molar refractivity (Wildman–Crippen MR) is 101 cm³/mol. The van der Waals surface area contributed by atoms with Gasteiger partial charge in [-0.1, -0.05) is 29.5 Å². The molecule has 0 N–H and O–H groups in total. The lowest BCUT2D eigenvalue weighted by atomic mass is 9.77. The van der Waals surface area contributed by atoms with E-state index in [4.69, 9.17) is 25.8 Å². The highest BCUT2D eigenvalue weighted by Gasteiger charge is 2.50. The van der Waals surface area contributed by atoms with Crippen LogP contribution in [0.25, 0.3) is 0 Å². The van der Waals surface area contributed by atoms with Gasteiger partial charge in [0.05, 0.1) is 12.0 Å².